The molecule has 11 heteroatoms. The number of ether oxygens (including phenoxy) is 3. The molecule has 0 N–H and O–H groups in total. The van der Waals surface area contributed by atoms with Crippen molar-refractivity contribution in [3.63, 3.8) is 0 Å². The highest BCUT2D eigenvalue weighted by Gasteiger charge is 2.22. The van der Waals surface area contributed by atoms with E-state index in [4.69, 9.17) is 20.8 Å². The molecule has 49 heavy (non-hydrogen) atoms. The first-order valence-electron chi connectivity index (χ1n) is 16.5. The van der Waals surface area contributed by atoms with E-state index in [0.717, 1.165) is 47.4 Å². The van der Waals surface area contributed by atoms with Gasteiger partial charge < -0.3 is 19.1 Å². The number of nitrogens with zero attached hydrogens (tertiary/aromatic N) is 5. The van der Waals surface area contributed by atoms with Crippen molar-refractivity contribution in [3.05, 3.63) is 93.7 Å². The summed E-state index contributed by atoms with van der Waals surface area (Å²) in [6, 6.07) is 18.1. The van der Waals surface area contributed by atoms with Crippen LogP contribution < -0.4 is 4.90 Å². The van der Waals surface area contributed by atoms with Gasteiger partial charge in [0.15, 0.2) is 0 Å². The highest BCUT2D eigenvalue weighted by molar-refractivity contribution is 7.17. The van der Waals surface area contributed by atoms with Crippen LogP contribution in [0, 0.1) is 37.7 Å². The first-order chi connectivity index (χ1) is 23.8. The van der Waals surface area contributed by atoms with Crippen LogP contribution in [0.3, 0.4) is 0 Å². The van der Waals surface area contributed by atoms with E-state index in [2.05, 4.69) is 51.2 Å². The summed E-state index contributed by atoms with van der Waals surface area (Å²) in [5.74, 6) is -1.45. The molecule has 0 spiro atoms. The van der Waals surface area contributed by atoms with Crippen LogP contribution in [0.15, 0.2) is 70.9 Å². The van der Waals surface area contributed by atoms with Gasteiger partial charge in [-0.1, -0.05) is 62.2 Å². The van der Waals surface area contributed by atoms with E-state index in [1.807, 2.05) is 49.4 Å². The number of carbonyl (C=O) groups excluding carboxylic acids is 2. The average Bonchev–Trinajstić information content (AvgIpc) is 3.43. The lowest BCUT2D eigenvalue weighted by molar-refractivity contribution is -0.154. The van der Waals surface area contributed by atoms with E-state index < -0.39 is 17.9 Å². The van der Waals surface area contributed by atoms with Gasteiger partial charge in [-0.05, 0) is 68.0 Å². The van der Waals surface area contributed by atoms with Crippen LogP contribution >= 0.6 is 11.3 Å². The van der Waals surface area contributed by atoms with E-state index in [1.165, 1.54) is 13.5 Å². The van der Waals surface area contributed by atoms with Gasteiger partial charge in [0, 0.05) is 18.8 Å². The Morgan fingerprint density at radius 2 is 1.88 bits per heavy atom. The summed E-state index contributed by atoms with van der Waals surface area (Å²) in [5, 5.41) is 18.5. The van der Waals surface area contributed by atoms with Gasteiger partial charge in [-0.25, -0.2) is 4.85 Å². The minimum atomic E-state index is -0.573. The van der Waals surface area contributed by atoms with Crippen molar-refractivity contribution in [1.29, 1.82) is 5.26 Å². The molecule has 0 saturated heterocycles. The molecule has 1 atom stereocenters. The van der Waals surface area contributed by atoms with E-state index in [9.17, 15) is 14.9 Å². The topological polar surface area (TPSA) is 118 Å². The SMILES string of the molecule is [C-]#[N+]c1c(N=Nc2ccc(N(CCOCCOC(=O)CC(C/C=C/CCCCC)C(=O)OC)Cc3ccccc3)cc2C)sc(C#N)c1C. The fourth-order valence-electron chi connectivity index (χ4n) is 5.02. The molecular formula is C38H45N5O5S. The first-order valence-corrected chi connectivity index (χ1v) is 17.3. The van der Waals surface area contributed by atoms with Crippen LogP contribution in [-0.4, -0.2) is 45.4 Å². The largest absolute Gasteiger partial charge is 0.469 e. The van der Waals surface area contributed by atoms with Crippen molar-refractivity contribution in [2.45, 2.75) is 65.8 Å². The molecule has 0 radical (unpaired) electrons. The molecule has 1 aromatic heterocycles. The number of methoxy groups -OCH3 is 1. The summed E-state index contributed by atoms with van der Waals surface area (Å²) in [6.45, 7) is 15.3. The number of nitriles is 1. The lowest BCUT2D eigenvalue weighted by Crippen LogP contribution is -2.27. The molecule has 258 valence electrons. The predicted octanol–water partition coefficient (Wildman–Crippen LogP) is 9.48. The van der Waals surface area contributed by atoms with Gasteiger partial charge in [0.05, 0.1) is 49.8 Å². The summed E-state index contributed by atoms with van der Waals surface area (Å²) < 4.78 is 16.1. The van der Waals surface area contributed by atoms with E-state index in [0.29, 0.717) is 52.9 Å². The van der Waals surface area contributed by atoms with Gasteiger partial charge >= 0.3 is 11.9 Å². The first kappa shape index (κ1) is 38.6. The molecule has 0 saturated carbocycles. The van der Waals surface area contributed by atoms with Crippen LogP contribution in [0.25, 0.3) is 4.85 Å². The second-order valence-electron chi connectivity index (χ2n) is 11.5. The maximum atomic E-state index is 12.5. The Morgan fingerprint density at radius 3 is 2.57 bits per heavy atom. The van der Waals surface area contributed by atoms with E-state index >= 15 is 0 Å². The van der Waals surface area contributed by atoms with Crippen molar-refractivity contribution in [1.82, 2.24) is 0 Å². The highest BCUT2D eigenvalue weighted by Crippen LogP contribution is 2.42. The van der Waals surface area contributed by atoms with Gasteiger partial charge in [-0.3, -0.25) is 9.59 Å². The number of carbonyl (C=O) groups is 2. The van der Waals surface area contributed by atoms with Crippen molar-refractivity contribution in [2.75, 3.05) is 38.4 Å². The number of rotatable bonds is 20. The Kier molecular flexibility index (Phi) is 16.7. The van der Waals surface area contributed by atoms with Gasteiger partial charge in [0.25, 0.3) is 0 Å². The van der Waals surface area contributed by atoms with Crippen LogP contribution in [0.5, 0.6) is 0 Å². The Bertz CT molecular complexity index is 1660. The molecule has 0 aliphatic rings. The molecule has 0 aliphatic heterocycles. The zero-order valence-electron chi connectivity index (χ0n) is 28.8. The lowest BCUT2D eigenvalue weighted by atomic mass is 10.0. The number of hydrogen-bond donors (Lipinski definition) is 0. The fraction of sp³-hybridized carbons (Fsp3) is 0.421. The third-order valence-corrected chi connectivity index (χ3v) is 8.90. The summed E-state index contributed by atoms with van der Waals surface area (Å²) in [6.07, 6.45) is 8.77. The van der Waals surface area contributed by atoms with Crippen LogP contribution in [0.1, 0.15) is 67.0 Å². The van der Waals surface area contributed by atoms with Crippen LogP contribution in [0.4, 0.5) is 22.1 Å². The van der Waals surface area contributed by atoms with Gasteiger partial charge in [-0.15, -0.1) is 11.3 Å². The zero-order chi connectivity index (χ0) is 35.4. The second-order valence-corrected chi connectivity index (χ2v) is 12.5. The molecule has 0 fully saturated rings. The maximum Gasteiger partial charge on any atom is 0.309 e. The molecule has 0 aliphatic carbocycles. The molecule has 10 nitrogen and oxygen atoms in total. The van der Waals surface area contributed by atoms with Gasteiger partial charge in [0.2, 0.25) is 5.69 Å². The Morgan fingerprint density at radius 1 is 1.08 bits per heavy atom. The van der Waals surface area contributed by atoms with Crippen LogP contribution in [0.2, 0.25) is 0 Å². The minimum Gasteiger partial charge on any atom is -0.469 e. The highest BCUT2D eigenvalue weighted by atomic mass is 32.1. The smallest absolute Gasteiger partial charge is 0.309 e. The van der Waals surface area contributed by atoms with Crippen molar-refractivity contribution >= 4 is 45.3 Å². The summed E-state index contributed by atoms with van der Waals surface area (Å²) in [5.41, 5.74) is 4.67. The molecule has 1 unspecified atom stereocenters. The summed E-state index contributed by atoms with van der Waals surface area (Å²) >= 11 is 1.16. The molecular weight excluding hydrogens is 639 g/mol. The molecule has 2 aromatic carbocycles. The molecule has 3 aromatic rings. The Hall–Kier alpha value is -4.84. The fourth-order valence-corrected chi connectivity index (χ4v) is 5.88. The lowest BCUT2D eigenvalue weighted by Gasteiger charge is -2.25. The van der Waals surface area contributed by atoms with Crippen molar-refractivity contribution in [3.8, 4) is 6.07 Å². The number of unbranched alkanes of at least 4 members (excludes halogenated alkanes) is 3. The van der Waals surface area contributed by atoms with E-state index in [-0.39, 0.29) is 19.6 Å². The summed E-state index contributed by atoms with van der Waals surface area (Å²) in [4.78, 5) is 30.9. The monoisotopic (exact) mass is 683 g/mol. The molecule has 0 bridgehead atoms. The standard InChI is InChI=1S/C38H45N5O5S/c1-6-7-8-9-10-14-17-31(38(45)46-5)25-35(44)48-23-22-47-21-20-43(27-30-15-12-11-13-16-30)32-18-19-33(28(2)24-32)41-42-37-36(40-4)29(3)34(26-39)49-37/h10-16,18-19,24,31H,6-9,17,20-23,25,27H2,1-3,5H3/b14-10+,42-41?. The predicted molar refractivity (Wildman–Crippen MR) is 193 cm³/mol. The zero-order valence-corrected chi connectivity index (χ0v) is 29.6. The maximum absolute atomic E-state index is 12.5. The molecule has 3 rings (SSSR count). The van der Waals surface area contributed by atoms with Crippen molar-refractivity contribution < 1.29 is 23.8 Å². The number of esters is 2. The average molecular weight is 684 g/mol. The second kappa shape index (κ2) is 21.2. The summed E-state index contributed by atoms with van der Waals surface area (Å²) in [7, 11) is 1.33. The number of azo groups is 1. The van der Waals surface area contributed by atoms with Crippen molar-refractivity contribution in [2.24, 2.45) is 16.1 Å². The number of benzene rings is 2. The van der Waals surface area contributed by atoms with Gasteiger partial charge in [-0.2, -0.15) is 15.5 Å². The Balaban J connectivity index is 1.55. The van der Waals surface area contributed by atoms with Crippen LogP contribution in [-0.2, 0) is 30.3 Å². The number of anilines is 1. The minimum absolute atomic E-state index is 0.0413. The van der Waals surface area contributed by atoms with E-state index in [1.54, 1.807) is 6.92 Å². The number of allylic oxidation sites excluding steroid dienone is 2. The van der Waals surface area contributed by atoms with Gasteiger partial charge in [0.1, 0.15) is 17.7 Å². The Labute approximate surface area is 293 Å². The molecule has 0 amide bonds. The number of aryl methyl sites for hydroxylation is 1. The third kappa shape index (κ3) is 12.6. The quantitative estimate of drug-likeness (QED) is 0.0383. The number of thiophene rings is 1. The normalized spacial score (nSPS) is 11.7. The number of hydrogen-bond acceptors (Lipinski definition) is 10. The molecule has 1 heterocycles. The third-order valence-electron chi connectivity index (χ3n) is 7.83.